The van der Waals surface area contributed by atoms with Crippen LogP contribution >= 0.6 is 11.6 Å². The fourth-order valence-electron chi connectivity index (χ4n) is 2.81. The summed E-state index contributed by atoms with van der Waals surface area (Å²) in [4.78, 5) is 26.8. The van der Waals surface area contributed by atoms with Crippen LogP contribution in [0.3, 0.4) is 0 Å². The van der Waals surface area contributed by atoms with Gasteiger partial charge in [0.2, 0.25) is 0 Å². The third-order valence-corrected chi connectivity index (χ3v) is 4.66. The Hall–Kier alpha value is -3.18. The number of benzene rings is 3. The van der Waals surface area contributed by atoms with Crippen molar-refractivity contribution in [2.75, 3.05) is 18.0 Å². The van der Waals surface area contributed by atoms with E-state index >= 15 is 0 Å². The predicted molar refractivity (Wildman–Crippen MR) is 113 cm³/mol. The second-order valence-electron chi connectivity index (χ2n) is 6.56. The molecule has 2 amide bonds. The summed E-state index contributed by atoms with van der Waals surface area (Å²) in [6.45, 7) is 2.42. The van der Waals surface area contributed by atoms with Crippen LogP contribution < -0.4 is 10.2 Å². The third-order valence-electron chi connectivity index (χ3n) is 4.41. The highest BCUT2D eigenvalue weighted by Gasteiger charge is 2.18. The number of anilines is 1. The van der Waals surface area contributed by atoms with Crippen molar-refractivity contribution >= 4 is 29.1 Å². The lowest BCUT2D eigenvalue weighted by Crippen LogP contribution is -2.38. The van der Waals surface area contributed by atoms with E-state index in [1.807, 2.05) is 19.1 Å². The van der Waals surface area contributed by atoms with E-state index in [9.17, 15) is 14.0 Å². The molecule has 0 heterocycles. The first-order chi connectivity index (χ1) is 13.9. The van der Waals surface area contributed by atoms with Gasteiger partial charge in [0, 0.05) is 34.9 Å². The average molecular weight is 411 g/mol. The molecule has 0 bridgehead atoms. The van der Waals surface area contributed by atoms with Gasteiger partial charge in [0.15, 0.2) is 0 Å². The van der Waals surface area contributed by atoms with Gasteiger partial charge < -0.3 is 10.2 Å². The van der Waals surface area contributed by atoms with Crippen LogP contribution in [0.25, 0.3) is 0 Å². The van der Waals surface area contributed by atoms with Crippen molar-refractivity contribution in [2.45, 2.75) is 6.92 Å². The number of hydrogen-bond acceptors (Lipinski definition) is 2. The van der Waals surface area contributed by atoms with Gasteiger partial charge in [-0.25, -0.2) is 4.39 Å². The van der Waals surface area contributed by atoms with Gasteiger partial charge in [0.25, 0.3) is 11.8 Å². The highest BCUT2D eigenvalue weighted by Crippen LogP contribution is 2.19. The molecule has 3 aromatic carbocycles. The van der Waals surface area contributed by atoms with Crippen LogP contribution in [-0.2, 0) is 0 Å². The lowest BCUT2D eigenvalue weighted by atomic mass is 10.1. The molecule has 6 heteroatoms. The Labute approximate surface area is 173 Å². The average Bonchev–Trinajstić information content (AvgIpc) is 2.72. The Balaban J connectivity index is 1.73. The molecule has 0 aliphatic carbocycles. The Bertz CT molecular complexity index is 987. The van der Waals surface area contributed by atoms with Crippen molar-refractivity contribution in [3.05, 3.63) is 100 Å². The largest absolute Gasteiger partial charge is 0.350 e. The van der Waals surface area contributed by atoms with Crippen molar-refractivity contribution in [3.63, 3.8) is 0 Å². The summed E-state index contributed by atoms with van der Waals surface area (Å²) in [6, 6.07) is 19.4. The van der Waals surface area contributed by atoms with E-state index in [1.165, 1.54) is 29.2 Å². The number of aryl methyl sites for hydroxylation is 1. The Kier molecular flexibility index (Phi) is 6.62. The van der Waals surface area contributed by atoms with Gasteiger partial charge in [0.05, 0.1) is 0 Å². The third kappa shape index (κ3) is 5.42. The van der Waals surface area contributed by atoms with Gasteiger partial charge in [-0.2, -0.15) is 0 Å². The molecule has 3 aromatic rings. The first-order valence-corrected chi connectivity index (χ1v) is 9.50. The van der Waals surface area contributed by atoms with Gasteiger partial charge >= 0.3 is 0 Å². The summed E-state index contributed by atoms with van der Waals surface area (Å²) in [6.07, 6.45) is 0. The molecule has 0 spiro atoms. The minimum Gasteiger partial charge on any atom is -0.350 e. The first-order valence-electron chi connectivity index (χ1n) is 9.12. The molecule has 0 aliphatic rings. The number of carbonyl (C=O) groups excluding carboxylic acids is 2. The second kappa shape index (κ2) is 9.34. The van der Waals surface area contributed by atoms with Crippen molar-refractivity contribution < 1.29 is 14.0 Å². The molecule has 0 fully saturated rings. The van der Waals surface area contributed by atoms with E-state index in [2.05, 4.69) is 5.32 Å². The first kappa shape index (κ1) is 20.6. The molecule has 1 N–H and O–H groups in total. The van der Waals surface area contributed by atoms with E-state index in [-0.39, 0.29) is 30.7 Å². The molecule has 3 rings (SSSR count). The van der Waals surface area contributed by atoms with Crippen LogP contribution in [0.2, 0.25) is 5.02 Å². The van der Waals surface area contributed by atoms with E-state index in [4.69, 9.17) is 11.6 Å². The fourth-order valence-corrected chi connectivity index (χ4v) is 2.93. The van der Waals surface area contributed by atoms with Crippen LogP contribution in [-0.4, -0.2) is 24.9 Å². The van der Waals surface area contributed by atoms with Crippen molar-refractivity contribution in [1.29, 1.82) is 0 Å². The van der Waals surface area contributed by atoms with E-state index in [1.54, 1.807) is 36.4 Å². The Morgan fingerprint density at radius 1 is 0.897 bits per heavy atom. The molecule has 0 unspecified atom stereocenters. The Morgan fingerprint density at radius 3 is 2.10 bits per heavy atom. The summed E-state index contributed by atoms with van der Waals surface area (Å²) in [5, 5.41) is 3.35. The van der Waals surface area contributed by atoms with Crippen LogP contribution in [0.15, 0.2) is 72.8 Å². The van der Waals surface area contributed by atoms with E-state index in [0.717, 1.165) is 5.56 Å². The molecule has 29 heavy (non-hydrogen) atoms. The van der Waals surface area contributed by atoms with Gasteiger partial charge in [-0.1, -0.05) is 29.3 Å². The number of halogens is 2. The lowest BCUT2D eigenvalue weighted by molar-refractivity contribution is 0.0943. The van der Waals surface area contributed by atoms with Crippen LogP contribution in [0.1, 0.15) is 26.3 Å². The molecular weight excluding hydrogens is 391 g/mol. The minimum absolute atomic E-state index is 0.219. The molecule has 148 valence electrons. The van der Waals surface area contributed by atoms with Gasteiger partial charge in [-0.15, -0.1) is 0 Å². The standard InChI is InChI=1S/C23H20ClFN2O2/c1-16-2-4-17(5-3-16)22(28)26-14-15-27(21-12-10-20(25)11-13-21)23(29)18-6-8-19(24)9-7-18/h2-13H,14-15H2,1H3,(H,26,28). The number of rotatable bonds is 6. The van der Waals surface area contributed by atoms with Crippen molar-refractivity contribution in [2.24, 2.45) is 0 Å². The van der Waals surface area contributed by atoms with E-state index in [0.29, 0.717) is 21.8 Å². The van der Waals surface area contributed by atoms with Crippen molar-refractivity contribution in [3.8, 4) is 0 Å². The summed E-state index contributed by atoms with van der Waals surface area (Å²) in [5.41, 5.74) is 2.60. The molecule has 0 radical (unpaired) electrons. The molecule has 0 aromatic heterocycles. The second-order valence-corrected chi connectivity index (χ2v) is 7.00. The molecule has 0 atom stereocenters. The molecule has 0 aliphatic heterocycles. The highest BCUT2D eigenvalue weighted by atomic mass is 35.5. The number of hydrogen-bond donors (Lipinski definition) is 1. The molecular formula is C23H20ClFN2O2. The summed E-state index contributed by atoms with van der Waals surface area (Å²) < 4.78 is 13.3. The summed E-state index contributed by atoms with van der Waals surface area (Å²) in [7, 11) is 0. The maximum atomic E-state index is 13.3. The predicted octanol–water partition coefficient (Wildman–Crippen LogP) is 4.86. The van der Waals surface area contributed by atoms with E-state index < -0.39 is 0 Å². The summed E-state index contributed by atoms with van der Waals surface area (Å²) in [5.74, 6) is -0.874. The lowest BCUT2D eigenvalue weighted by Gasteiger charge is -2.23. The zero-order valence-electron chi connectivity index (χ0n) is 15.9. The normalized spacial score (nSPS) is 10.4. The van der Waals surface area contributed by atoms with Crippen LogP contribution in [0.5, 0.6) is 0 Å². The number of carbonyl (C=O) groups is 2. The van der Waals surface area contributed by atoms with Gasteiger partial charge in [0.1, 0.15) is 5.82 Å². The topological polar surface area (TPSA) is 49.4 Å². The Morgan fingerprint density at radius 2 is 1.48 bits per heavy atom. The maximum Gasteiger partial charge on any atom is 0.258 e. The monoisotopic (exact) mass is 410 g/mol. The molecule has 0 saturated carbocycles. The van der Waals surface area contributed by atoms with Crippen LogP contribution in [0, 0.1) is 12.7 Å². The number of nitrogens with zero attached hydrogens (tertiary/aromatic N) is 1. The maximum absolute atomic E-state index is 13.3. The SMILES string of the molecule is Cc1ccc(C(=O)NCCN(C(=O)c2ccc(Cl)cc2)c2ccc(F)cc2)cc1. The minimum atomic E-state index is -0.389. The molecule has 4 nitrogen and oxygen atoms in total. The zero-order chi connectivity index (χ0) is 20.8. The number of nitrogens with one attached hydrogen (secondary N) is 1. The highest BCUT2D eigenvalue weighted by molar-refractivity contribution is 6.30. The fraction of sp³-hybridized carbons (Fsp3) is 0.130. The summed E-state index contributed by atoms with van der Waals surface area (Å²) >= 11 is 5.90. The van der Waals surface area contributed by atoms with Crippen molar-refractivity contribution in [1.82, 2.24) is 5.32 Å². The number of amides is 2. The quantitative estimate of drug-likeness (QED) is 0.630. The molecule has 0 saturated heterocycles. The zero-order valence-corrected chi connectivity index (χ0v) is 16.6. The van der Waals surface area contributed by atoms with Gasteiger partial charge in [-0.3, -0.25) is 9.59 Å². The smallest absolute Gasteiger partial charge is 0.258 e. The van der Waals surface area contributed by atoms with Gasteiger partial charge in [-0.05, 0) is 67.6 Å². The van der Waals surface area contributed by atoms with Crippen LogP contribution in [0.4, 0.5) is 10.1 Å².